The summed E-state index contributed by atoms with van der Waals surface area (Å²) in [4.78, 5) is 44.1. The Morgan fingerprint density at radius 1 is 1.11 bits per heavy atom. The Hall–Kier alpha value is -3.12. The van der Waals surface area contributed by atoms with E-state index >= 15 is 0 Å². The number of ketones is 1. The molecular weight excluding hydrogens is 594 g/mol. The number of aliphatic hydroxyl groups is 2. The van der Waals surface area contributed by atoms with E-state index in [1.54, 1.807) is 6.08 Å². The predicted octanol–water partition coefficient (Wildman–Crippen LogP) is 3.99. The molecule has 2 N–H and O–H groups in total. The molecule has 11 heteroatoms. The van der Waals surface area contributed by atoms with Crippen LogP contribution in [0.3, 0.4) is 0 Å². The molecule has 46 heavy (non-hydrogen) atoms. The Morgan fingerprint density at radius 3 is 2.50 bits per heavy atom. The molecule has 1 saturated carbocycles. The smallest absolute Gasteiger partial charge is 0.308 e. The Labute approximate surface area is 271 Å². The summed E-state index contributed by atoms with van der Waals surface area (Å²) in [5.41, 5.74) is 2.35. The van der Waals surface area contributed by atoms with Crippen LogP contribution in [0.1, 0.15) is 64.9 Å². The Kier molecular flexibility index (Phi) is 13.3. The number of aliphatic hydroxyl groups excluding tert-OH is 2. The number of esters is 2. The highest BCUT2D eigenvalue weighted by atomic mass is 16.7. The molecule has 254 valence electrons. The Morgan fingerprint density at radius 2 is 1.83 bits per heavy atom. The molecule has 1 aromatic carbocycles. The van der Waals surface area contributed by atoms with Gasteiger partial charge in [-0.25, -0.2) is 0 Å². The third kappa shape index (κ3) is 9.24. The van der Waals surface area contributed by atoms with Gasteiger partial charge in [0.25, 0.3) is 0 Å². The molecule has 2 fully saturated rings. The topological polar surface area (TPSA) is 150 Å². The molecule has 1 saturated heterocycles. The summed E-state index contributed by atoms with van der Waals surface area (Å²) in [7, 11) is 1.47. The number of carbonyl (C=O) groups excluding carboxylic acids is 3. The molecule has 11 nitrogen and oxygen atoms in total. The van der Waals surface area contributed by atoms with Gasteiger partial charge in [0.2, 0.25) is 0 Å². The van der Waals surface area contributed by atoms with E-state index in [1.165, 1.54) is 7.11 Å². The van der Waals surface area contributed by atoms with Crippen molar-refractivity contribution in [1.82, 2.24) is 0 Å². The minimum absolute atomic E-state index is 0.0146. The van der Waals surface area contributed by atoms with Crippen LogP contribution >= 0.6 is 0 Å². The summed E-state index contributed by atoms with van der Waals surface area (Å²) in [5, 5.41) is 25.8. The molecule has 8 atom stereocenters. The number of hydrogen-bond donors (Lipinski definition) is 2. The fraction of sp³-hybridized carbons (Fsp3) is 0.657. The maximum absolute atomic E-state index is 13.5. The molecule has 2 aliphatic carbocycles. The zero-order valence-corrected chi connectivity index (χ0v) is 27.3. The van der Waals surface area contributed by atoms with Crippen LogP contribution in [-0.4, -0.2) is 79.1 Å². The second kappa shape index (κ2) is 17.2. The van der Waals surface area contributed by atoms with Crippen LogP contribution < -0.4 is 0 Å². The van der Waals surface area contributed by atoms with Crippen LogP contribution in [0, 0.1) is 35.5 Å². The highest BCUT2D eigenvalue weighted by Crippen LogP contribution is 2.49. The SMILES string of the molecule is CCC(C)C(=O)OC1CC(=NOC)C(C2COCOC2)C2=CC(=O)C(C)C(CCC(O)CC(O)CC(=O)OCc3ccccc3)C21. The van der Waals surface area contributed by atoms with Crippen molar-refractivity contribution in [3.05, 3.63) is 47.5 Å². The fourth-order valence-electron chi connectivity index (χ4n) is 6.92. The standard InChI is InChI=1S/C35H49NO10/c1-5-21(2)35(41)46-31-16-29(36-42-4)33(24-18-43-20-44-19-24)28-15-30(39)22(3)27(34(28)31)12-11-25(37)13-26(38)14-32(40)45-17-23-9-7-6-8-10-23/h6-10,15,21-22,24-27,31,33-34,37-38H,5,11-14,16-20H2,1-4H3. The first-order chi connectivity index (χ1) is 22.1. The largest absolute Gasteiger partial charge is 0.461 e. The predicted molar refractivity (Wildman–Crippen MR) is 168 cm³/mol. The molecule has 1 heterocycles. The van der Waals surface area contributed by atoms with E-state index in [9.17, 15) is 24.6 Å². The average molecular weight is 644 g/mol. The highest BCUT2D eigenvalue weighted by molar-refractivity contribution is 5.98. The van der Waals surface area contributed by atoms with E-state index in [0.29, 0.717) is 38.2 Å². The lowest BCUT2D eigenvalue weighted by atomic mass is 9.58. The number of carbonyl (C=O) groups is 3. The first-order valence-corrected chi connectivity index (χ1v) is 16.4. The van der Waals surface area contributed by atoms with E-state index in [1.807, 2.05) is 51.1 Å². The molecule has 1 aromatic rings. The molecule has 0 spiro atoms. The lowest BCUT2D eigenvalue weighted by Crippen LogP contribution is -2.52. The molecule has 8 unspecified atom stereocenters. The van der Waals surface area contributed by atoms with Crippen LogP contribution in [-0.2, 0) is 44.8 Å². The average Bonchev–Trinajstić information content (AvgIpc) is 3.04. The van der Waals surface area contributed by atoms with Crippen LogP contribution in [0.2, 0.25) is 0 Å². The maximum Gasteiger partial charge on any atom is 0.308 e. The first-order valence-electron chi connectivity index (χ1n) is 16.4. The van der Waals surface area contributed by atoms with Gasteiger partial charge in [-0.1, -0.05) is 61.8 Å². The molecule has 0 aromatic heterocycles. The number of fused-ring (bicyclic) bond motifs is 1. The number of nitrogens with zero attached hydrogens (tertiary/aromatic N) is 1. The van der Waals surface area contributed by atoms with Crippen molar-refractivity contribution in [1.29, 1.82) is 0 Å². The normalized spacial score (nSPS) is 28.0. The molecule has 0 radical (unpaired) electrons. The monoisotopic (exact) mass is 643 g/mol. The van der Waals surface area contributed by atoms with Crippen LogP contribution in [0.15, 0.2) is 47.1 Å². The number of hydrogen-bond acceptors (Lipinski definition) is 11. The van der Waals surface area contributed by atoms with E-state index in [2.05, 4.69) is 5.16 Å². The van der Waals surface area contributed by atoms with Crippen molar-refractivity contribution in [2.45, 2.75) is 84.2 Å². The van der Waals surface area contributed by atoms with E-state index in [4.69, 9.17) is 23.8 Å². The lowest BCUT2D eigenvalue weighted by Gasteiger charge is -2.48. The van der Waals surface area contributed by atoms with Crippen molar-refractivity contribution in [2.75, 3.05) is 27.1 Å². The second-order valence-corrected chi connectivity index (χ2v) is 12.8. The van der Waals surface area contributed by atoms with Gasteiger partial charge in [0.15, 0.2) is 5.78 Å². The van der Waals surface area contributed by atoms with Gasteiger partial charge < -0.3 is 34.0 Å². The van der Waals surface area contributed by atoms with Gasteiger partial charge in [0.1, 0.15) is 26.6 Å². The highest BCUT2D eigenvalue weighted by Gasteiger charge is 2.51. The molecule has 0 bridgehead atoms. The molecule has 3 aliphatic rings. The third-order valence-electron chi connectivity index (χ3n) is 9.59. The van der Waals surface area contributed by atoms with Gasteiger partial charge in [0.05, 0.1) is 43.5 Å². The molecule has 4 rings (SSSR count). The van der Waals surface area contributed by atoms with Gasteiger partial charge in [-0.2, -0.15) is 0 Å². The van der Waals surface area contributed by atoms with Crippen LogP contribution in [0.4, 0.5) is 0 Å². The lowest BCUT2D eigenvalue weighted by molar-refractivity contribution is -0.159. The summed E-state index contributed by atoms with van der Waals surface area (Å²) in [6.07, 6.45) is 0.549. The summed E-state index contributed by atoms with van der Waals surface area (Å²) in [5.74, 6) is -2.52. The number of ether oxygens (including phenoxy) is 4. The summed E-state index contributed by atoms with van der Waals surface area (Å²) in [6.45, 7) is 6.79. The zero-order chi connectivity index (χ0) is 33.2. The maximum atomic E-state index is 13.5. The van der Waals surface area contributed by atoms with Crippen LogP contribution in [0.5, 0.6) is 0 Å². The molecular formula is C35H49NO10. The first kappa shape index (κ1) is 35.7. The Bertz CT molecular complexity index is 1230. The molecule has 0 amide bonds. The second-order valence-electron chi connectivity index (χ2n) is 12.8. The van der Waals surface area contributed by atoms with Gasteiger partial charge >= 0.3 is 11.9 Å². The Balaban J connectivity index is 1.48. The van der Waals surface area contributed by atoms with Crippen molar-refractivity contribution >= 4 is 23.4 Å². The van der Waals surface area contributed by atoms with Crippen molar-refractivity contribution in [3.63, 3.8) is 0 Å². The summed E-state index contributed by atoms with van der Waals surface area (Å²) >= 11 is 0. The summed E-state index contributed by atoms with van der Waals surface area (Å²) < 4.78 is 22.7. The number of oxime groups is 1. The minimum Gasteiger partial charge on any atom is -0.461 e. The van der Waals surface area contributed by atoms with Crippen LogP contribution in [0.25, 0.3) is 0 Å². The van der Waals surface area contributed by atoms with Gasteiger partial charge in [-0.05, 0) is 43.2 Å². The number of benzene rings is 1. The number of rotatable bonds is 14. The van der Waals surface area contributed by atoms with E-state index < -0.39 is 24.3 Å². The van der Waals surface area contributed by atoms with Crippen molar-refractivity contribution in [3.8, 4) is 0 Å². The van der Waals surface area contributed by atoms with Gasteiger partial charge in [0, 0.05) is 30.1 Å². The summed E-state index contributed by atoms with van der Waals surface area (Å²) in [6, 6.07) is 9.26. The number of allylic oxidation sites excluding steroid dienone is 1. The quantitative estimate of drug-likeness (QED) is 0.225. The van der Waals surface area contributed by atoms with E-state index in [-0.39, 0.29) is 79.9 Å². The van der Waals surface area contributed by atoms with Crippen molar-refractivity contribution in [2.24, 2.45) is 40.7 Å². The zero-order valence-electron chi connectivity index (χ0n) is 27.3. The van der Waals surface area contributed by atoms with E-state index in [0.717, 1.165) is 11.1 Å². The fourth-order valence-corrected chi connectivity index (χ4v) is 6.92. The minimum atomic E-state index is -1.08. The van der Waals surface area contributed by atoms with Gasteiger partial charge in [-0.3, -0.25) is 14.4 Å². The molecule has 1 aliphatic heterocycles. The van der Waals surface area contributed by atoms with Gasteiger partial charge in [-0.15, -0.1) is 0 Å². The third-order valence-corrected chi connectivity index (χ3v) is 9.59. The van der Waals surface area contributed by atoms with Crippen molar-refractivity contribution < 1.29 is 48.4 Å².